The van der Waals surface area contributed by atoms with Gasteiger partial charge in [0.2, 0.25) is 0 Å². The molecule has 1 N–H and O–H groups in total. The lowest BCUT2D eigenvalue weighted by Gasteiger charge is -2.35. The standard InChI is InChI=1S/C18H24N6/c1-3-24-16-7-5-4-6-14(16)15(21-24)13-23-11-8-19-12-17(23)18-20-9-10-22(18)2/h4-7,9-10,17,19H,3,8,11-13H2,1-2H3. The molecular weight excluding hydrogens is 300 g/mol. The maximum atomic E-state index is 4.87. The van der Waals surface area contributed by atoms with Gasteiger partial charge in [0.15, 0.2) is 0 Å². The van der Waals surface area contributed by atoms with Crippen LogP contribution in [0.5, 0.6) is 0 Å². The molecule has 0 amide bonds. The number of nitrogens with one attached hydrogen (secondary N) is 1. The third kappa shape index (κ3) is 2.61. The average molecular weight is 324 g/mol. The van der Waals surface area contributed by atoms with Gasteiger partial charge in [-0.2, -0.15) is 5.10 Å². The minimum atomic E-state index is 0.282. The molecule has 6 heteroatoms. The van der Waals surface area contributed by atoms with Crippen LogP contribution in [0.2, 0.25) is 0 Å². The quantitative estimate of drug-likeness (QED) is 0.797. The molecule has 4 rings (SSSR count). The van der Waals surface area contributed by atoms with E-state index < -0.39 is 0 Å². The molecular formula is C18H24N6. The molecule has 0 aliphatic carbocycles. The number of rotatable bonds is 4. The molecule has 1 aliphatic heterocycles. The number of aromatic nitrogens is 4. The highest BCUT2D eigenvalue weighted by Crippen LogP contribution is 2.25. The van der Waals surface area contributed by atoms with Gasteiger partial charge in [-0.05, 0) is 13.0 Å². The van der Waals surface area contributed by atoms with Gasteiger partial charge in [0, 0.05) is 57.6 Å². The lowest BCUT2D eigenvalue weighted by molar-refractivity contribution is 0.143. The fourth-order valence-corrected chi connectivity index (χ4v) is 3.63. The number of benzene rings is 1. The van der Waals surface area contributed by atoms with Gasteiger partial charge in [-0.15, -0.1) is 0 Å². The number of fused-ring (bicyclic) bond motifs is 1. The maximum Gasteiger partial charge on any atom is 0.127 e. The zero-order valence-corrected chi connectivity index (χ0v) is 14.3. The van der Waals surface area contributed by atoms with E-state index in [0.717, 1.165) is 44.2 Å². The lowest BCUT2D eigenvalue weighted by Crippen LogP contribution is -2.46. The first kappa shape index (κ1) is 15.4. The summed E-state index contributed by atoms with van der Waals surface area (Å²) in [5.41, 5.74) is 2.38. The monoisotopic (exact) mass is 324 g/mol. The molecule has 0 saturated carbocycles. The van der Waals surface area contributed by atoms with Crippen molar-refractivity contribution in [2.75, 3.05) is 19.6 Å². The summed E-state index contributed by atoms with van der Waals surface area (Å²) >= 11 is 0. The Kier molecular flexibility index (Phi) is 4.08. The van der Waals surface area contributed by atoms with E-state index in [1.54, 1.807) is 0 Å². The fourth-order valence-electron chi connectivity index (χ4n) is 3.63. The van der Waals surface area contributed by atoms with Crippen molar-refractivity contribution < 1.29 is 0 Å². The van der Waals surface area contributed by atoms with Crippen molar-refractivity contribution in [2.45, 2.75) is 26.1 Å². The van der Waals surface area contributed by atoms with E-state index in [1.165, 1.54) is 10.9 Å². The summed E-state index contributed by atoms with van der Waals surface area (Å²) in [6, 6.07) is 8.80. The van der Waals surface area contributed by atoms with Gasteiger partial charge in [0.25, 0.3) is 0 Å². The van der Waals surface area contributed by atoms with Crippen molar-refractivity contribution in [3.63, 3.8) is 0 Å². The molecule has 1 saturated heterocycles. The number of para-hydroxylation sites is 1. The van der Waals surface area contributed by atoms with Crippen LogP contribution in [-0.4, -0.2) is 43.9 Å². The molecule has 1 fully saturated rings. The number of nitrogens with zero attached hydrogens (tertiary/aromatic N) is 5. The molecule has 3 heterocycles. The van der Waals surface area contributed by atoms with Crippen LogP contribution in [0.25, 0.3) is 10.9 Å². The molecule has 24 heavy (non-hydrogen) atoms. The SMILES string of the molecule is CCn1nc(CN2CCNCC2c2nccn2C)c2ccccc21. The summed E-state index contributed by atoms with van der Waals surface area (Å²) in [5.74, 6) is 1.11. The van der Waals surface area contributed by atoms with Crippen LogP contribution in [-0.2, 0) is 20.1 Å². The van der Waals surface area contributed by atoms with E-state index >= 15 is 0 Å². The van der Waals surface area contributed by atoms with Crippen molar-refractivity contribution in [3.8, 4) is 0 Å². The maximum absolute atomic E-state index is 4.87. The first-order valence-corrected chi connectivity index (χ1v) is 8.64. The Balaban J connectivity index is 1.67. The molecule has 0 spiro atoms. The van der Waals surface area contributed by atoms with Crippen molar-refractivity contribution in [1.82, 2.24) is 29.5 Å². The zero-order chi connectivity index (χ0) is 16.5. The summed E-state index contributed by atoms with van der Waals surface area (Å²) in [4.78, 5) is 7.06. The highest BCUT2D eigenvalue weighted by Gasteiger charge is 2.28. The van der Waals surface area contributed by atoms with E-state index in [1.807, 2.05) is 12.4 Å². The van der Waals surface area contributed by atoms with Crippen LogP contribution >= 0.6 is 0 Å². The Morgan fingerprint density at radius 2 is 2.17 bits per heavy atom. The Hall–Kier alpha value is -2.18. The van der Waals surface area contributed by atoms with Crippen molar-refractivity contribution in [3.05, 3.63) is 48.2 Å². The van der Waals surface area contributed by atoms with Gasteiger partial charge in [0.1, 0.15) is 5.82 Å². The molecule has 2 aromatic heterocycles. The van der Waals surface area contributed by atoms with E-state index in [2.05, 4.69) is 62.7 Å². The average Bonchev–Trinajstić information content (AvgIpc) is 3.19. The first-order valence-electron chi connectivity index (χ1n) is 8.64. The van der Waals surface area contributed by atoms with Crippen LogP contribution in [0.1, 0.15) is 24.5 Å². The molecule has 1 unspecified atom stereocenters. The van der Waals surface area contributed by atoms with Crippen LogP contribution in [0.4, 0.5) is 0 Å². The highest BCUT2D eigenvalue weighted by atomic mass is 15.3. The van der Waals surface area contributed by atoms with Crippen molar-refractivity contribution in [1.29, 1.82) is 0 Å². The zero-order valence-electron chi connectivity index (χ0n) is 14.3. The Morgan fingerprint density at radius 1 is 1.29 bits per heavy atom. The minimum Gasteiger partial charge on any atom is -0.337 e. The number of hydrogen-bond acceptors (Lipinski definition) is 4. The molecule has 0 bridgehead atoms. The number of hydrogen-bond donors (Lipinski definition) is 1. The first-order chi connectivity index (χ1) is 11.8. The molecule has 3 aromatic rings. The summed E-state index contributed by atoms with van der Waals surface area (Å²) in [7, 11) is 2.07. The summed E-state index contributed by atoms with van der Waals surface area (Å²) in [5, 5.41) is 9.63. The summed E-state index contributed by atoms with van der Waals surface area (Å²) in [6.45, 7) is 6.83. The van der Waals surface area contributed by atoms with E-state index in [-0.39, 0.29) is 6.04 Å². The molecule has 6 nitrogen and oxygen atoms in total. The summed E-state index contributed by atoms with van der Waals surface area (Å²) < 4.78 is 4.22. The van der Waals surface area contributed by atoms with Crippen LogP contribution in [0, 0.1) is 0 Å². The summed E-state index contributed by atoms with van der Waals surface area (Å²) in [6.07, 6.45) is 3.90. The normalized spacial score (nSPS) is 19.2. The Morgan fingerprint density at radius 3 is 2.96 bits per heavy atom. The third-order valence-corrected chi connectivity index (χ3v) is 4.90. The van der Waals surface area contributed by atoms with E-state index in [0.29, 0.717) is 0 Å². The fraction of sp³-hybridized carbons (Fsp3) is 0.444. The van der Waals surface area contributed by atoms with Gasteiger partial charge < -0.3 is 9.88 Å². The Bertz CT molecular complexity index is 833. The van der Waals surface area contributed by atoms with E-state index in [4.69, 9.17) is 5.10 Å². The van der Waals surface area contributed by atoms with Crippen LogP contribution in [0.3, 0.4) is 0 Å². The second-order valence-electron chi connectivity index (χ2n) is 6.37. The van der Waals surface area contributed by atoms with Gasteiger partial charge in [-0.25, -0.2) is 4.98 Å². The predicted octanol–water partition coefficient (Wildman–Crippen LogP) is 1.94. The van der Waals surface area contributed by atoms with Crippen molar-refractivity contribution in [2.24, 2.45) is 7.05 Å². The lowest BCUT2D eigenvalue weighted by atomic mass is 10.1. The molecule has 1 atom stereocenters. The molecule has 1 aromatic carbocycles. The largest absolute Gasteiger partial charge is 0.337 e. The van der Waals surface area contributed by atoms with Crippen LogP contribution < -0.4 is 5.32 Å². The molecule has 126 valence electrons. The minimum absolute atomic E-state index is 0.282. The second-order valence-corrected chi connectivity index (χ2v) is 6.37. The number of aryl methyl sites for hydroxylation is 2. The van der Waals surface area contributed by atoms with Crippen molar-refractivity contribution >= 4 is 10.9 Å². The molecule has 1 aliphatic rings. The molecule has 0 radical (unpaired) electrons. The number of imidazole rings is 1. The second kappa shape index (κ2) is 6.37. The van der Waals surface area contributed by atoms with Gasteiger partial charge in [-0.3, -0.25) is 9.58 Å². The smallest absolute Gasteiger partial charge is 0.127 e. The predicted molar refractivity (Wildman–Crippen MR) is 94.6 cm³/mol. The van der Waals surface area contributed by atoms with E-state index in [9.17, 15) is 0 Å². The third-order valence-electron chi connectivity index (χ3n) is 4.90. The Labute approximate surface area is 142 Å². The number of piperazine rings is 1. The van der Waals surface area contributed by atoms with Gasteiger partial charge >= 0.3 is 0 Å². The van der Waals surface area contributed by atoms with Crippen LogP contribution in [0.15, 0.2) is 36.7 Å². The van der Waals surface area contributed by atoms with Gasteiger partial charge in [-0.1, -0.05) is 18.2 Å². The van der Waals surface area contributed by atoms with Gasteiger partial charge in [0.05, 0.1) is 17.3 Å². The highest BCUT2D eigenvalue weighted by molar-refractivity contribution is 5.81. The topological polar surface area (TPSA) is 50.9 Å².